The molecule has 3 rings (SSSR count). The number of allylic oxidation sites excluding steroid dienone is 3. The van der Waals surface area contributed by atoms with Crippen LogP contribution in [-0.4, -0.2) is 12.1 Å². The number of hydrogen-bond donors (Lipinski definition) is 0. The first kappa shape index (κ1) is 11.1. The summed E-state index contributed by atoms with van der Waals surface area (Å²) in [4.78, 5) is 11.8. The summed E-state index contributed by atoms with van der Waals surface area (Å²) < 4.78 is 5.67. The molecule has 1 saturated heterocycles. The Bertz CT molecular complexity index is 421. The van der Waals surface area contributed by atoms with Crippen molar-refractivity contribution in [2.24, 2.45) is 23.2 Å². The molecule has 3 aliphatic rings. The molecule has 2 nitrogen and oxygen atoms in total. The zero-order valence-corrected chi connectivity index (χ0v) is 10.8. The van der Waals surface area contributed by atoms with Crippen LogP contribution in [0.2, 0.25) is 0 Å². The third-order valence-electron chi connectivity index (χ3n) is 5.07. The van der Waals surface area contributed by atoms with E-state index in [0.29, 0.717) is 11.8 Å². The summed E-state index contributed by atoms with van der Waals surface area (Å²) in [6.07, 6.45) is 9.02. The smallest absolute Gasteiger partial charge is 0.309 e. The third-order valence-corrected chi connectivity index (χ3v) is 5.07. The van der Waals surface area contributed by atoms with Crippen molar-refractivity contribution < 1.29 is 9.53 Å². The highest BCUT2D eigenvalue weighted by Crippen LogP contribution is 2.54. The van der Waals surface area contributed by atoms with Crippen molar-refractivity contribution in [1.29, 1.82) is 0 Å². The molecule has 0 N–H and O–H groups in total. The fourth-order valence-electron chi connectivity index (χ4n) is 4.02. The average molecular weight is 232 g/mol. The second-order valence-corrected chi connectivity index (χ2v) is 6.15. The second kappa shape index (κ2) is 3.47. The van der Waals surface area contributed by atoms with Gasteiger partial charge in [0.1, 0.15) is 6.10 Å². The maximum absolute atomic E-state index is 11.8. The van der Waals surface area contributed by atoms with Gasteiger partial charge in [-0.05, 0) is 25.2 Å². The molecule has 0 aromatic rings. The van der Waals surface area contributed by atoms with Crippen molar-refractivity contribution in [3.05, 3.63) is 23.8 Å². The van der Waals surface area contributed by atoms with Crippen molar-refractivity contribution >= 4 is 5.97 Å². The number of rotatable bonds is 0. The van der Waals surface area contributed by atoms with Gasteiger partial charge in [0.05, 0.1) is 5.92 Å². The van der Waals surface area contributed by atoms with Crippen LogP contribution in [0.1, 0.15) is 33.6 Å². The van der Waals surface area contributed by atoms with E-state index in [1.54, 1.807) is 0 Å². The van der Waals surface area contributed by atoms with E-state index in [-0.39, 0.29) is 23.4 Å². The molecule has 0 aromatic heterocycles. The Labute approximate surface area is 103 Å². The van der Waals surface area contributed by atoms with Crippen LogP contribution >= 0.6 is 0 Å². The first-order chi connectivity index (χ1) is 8.03. The summed E-state index contributed by atoms with van der Waals surface area (Å²) >= 11 is 0. The second-order valence-electron chi connectivity index (χ2n) is 6.15. The zero-order chi connectivity index (χ0) is 12.2. The Morgan fingerprint density at radius 3 is 3.00 bits per heavy atom. The van der Waals surface area contributed by atoms with Gasteiger partial charge in [-0.3, -0.25) is 4.79 Å². The lowest BCUT2D eigenvalue weighted by molar-refractivity contribution is -0.146. The normalized spacial score (nSPS) is 48.2. The highest BCUT2D eigenvalue weighted by Gasteiger charge is 2.54. The number of hydrogen-bond acceptors (Lipinski definition) is 2. The number of ether oxygens (including phenoxy) is 1. The SMILES string of the molecule is CC1=CC=C[C@]2(C)CC[C@@H]3[C@H](OC(=O)[C@H]3C)[C@@H]12. The van der Waals surface area contributed by atoms with E-state index in [0.717, 1.165) is 6.42 Å². The van der Waals surface area contributed by atoms with Crippen molar-refractivity contribution in [2.45, 2.75) is 39.7 Å². The van der Waals surface area contributed by atoms with E-state index in [2.05, 4.69) is 32.1 Å². The molecule has 0 radical (unpaired) electrons. The number of carbonyl (C=O) groups is 1. The van der Waals surface area contributed by atoms with Crippen LogP contribution < -0.4 is 0 Å². The van der Waals surface area contributed by atoms with Gasteiger partial charge < -0.3 is 4.74 Å². The predicted octanol–water partition coefficient (Wildman–Crippen LogP) is 3.10. The molecule has 2 aliphatic carbocycles. The number of esters is 1. The van der Waals surface area contributed by atoms with Gasteiger partial charge in [-0.15, -0.1) is 0 Å². The molecule has 0 bridgehead atoms. The van der Waals surface area contributed by atoms with E-state index in [1.807, 2.05) is 6.92 Å². The molecule has 0 unspecified atom stereocenters. The van der Waals surface area contributed by atoms with Gasteiger partial charge in [-0.25, -0.2) is 0 Å². The molecule has 1 aliphatic heterocycles. The fraction of sp³-hybridized carbons (Fsp3) is 0.667. The van der Waals surface area contributed by atoms with Crippen LogP contribution in [0, 0.1) is 23.2 Å². The maximum atomic E-state index is 11.8. The van der Waals surface area contributed by atoms with Gasteiger partial charge in [-0.2, -0.15) is 0 Å². The summed E-state index contributed by atoms with van der Waals surface area (Å²) in [6.45, 7) is 6.50. The van der Waals surface area contributed by atoms with E-state index in [4.69, 9.17) is 4.74 Å². The summed E-state index contributed by atoms with van der Waals surface area (Å²) in [5.74, 6) is 0.908. The van der Waals surface area contributed by atoms with Gasteiger partial charge in [0.25, 0.3) is 0 Å². The lowest BCUT2D eigenvalue weighted by atomic mass is 9.58. The Morgan fingerprint density at radius 2 is 2.24 bits per heavy atom. The van der Waals surface area contributed by atoms with Gasteiger partial charge in [-0.1, -0.05) is 37.6 Å². The molecular weight excluding hydrogens is 212 g/mol. The highest BCUT2D eigenvalue weighted by atomic mass is 16.6. The van der Waals surface area contributed by atoms with E-state index in [9.17, 15) is 4.79 Å². The zero-order valence-electron chi connectivity index (χ0n) is 10.8. The minimum Gasteiger partial charge on any atom is -0.461 e. The van der Waals surface area contributed by atoms with Crippen LogP contribution in [-0.2, 0) is 9.53 Å². The van der Waals surface area contributed by atoms with Crippen molar-refractivity contribution in [1.82, 2.24) is 0 Å². The van der Waals surface area contributed by atoms with Crippen molar-refractivity contribution in [3.63, 3.8) is 0 Å². The standard InChI is InChI=1S/C15H20O2/c1-9-5-4-7-15(3)8-6-11-10(2)14(16)17-13(11)12(9)15/h4-5,7,10-13H,6,8H2,1-3H3/t10-,11-,12+,13-,15+/m0/s1. The van der Waals surface area contributed by atoms with Gasteiger partial charge in [0.2, 0.25) is 0 Å². The lowest BCUT2D eigenvalue weighted by Crippen LogP contribution is -2.45. The van der Waals surface area contributed by atoms with Crippen LogP contribution in [0.4, 0.5) is 0 Å². The van der Waals surface area contributed by atoms with E-state index >= 15 is 0 Å². The highest BCUT2D eigenvalue weighted by molar-refractivity contribution is 5.75. The molecule has 2 fully saturated rings. The molecule has 1 saturated carbocycles. The molecule has 0 spiro atoms. The Kier molecular flexibility index (Phi) is 2.26. The first-order valence-electron chi connectivity index (χ1n) is 6.59. The monoisotopic (exact) mass is 232 g/mol. The quantitative estimate of drug-likeness (QED) is 0.600. The Balaban J connectivity index is 1.99. The molecule has 92 valence electrons. The van der Waals surface area contributed by atoms with Gasteiger partial charge in [0.15, 0.2) is 0 Å². The predicted molar refractivity (Wildman–Crippen MR) is 66.3 cm³/mol. The summed E-state index contributed by atoms with van der Waals surface area (Å²) in [6, 6.07) is 0. The van der Waals surface area contributed by atoms with E-state index in [1.165, 1.54) is 12.0 Å². The summed E-state index contributed by atoms with van der Waals surface area (Å²) in [7, 11) is 0. The van der Waals surface area contributed by atoms with Crippen LogP contribution in [0.5, 0.6) is 0 Å². The van der Waals surface area contributed by atoms with Crippen LogP contribution in [0.25, 0.3) is 0 Å². The van der Waals surface area contributed by atoms with Crippen molar-refractivity contribution in [2.75, 3.05) is 0 Å². The molecule has 0 aromatic carbocycles. The van der Waals surface area contributed by atoms with Crippen LogP contribution in [0.15, 0.2) is 23.8 Å². The topological polar surface area (TPSA) is 26.3 Å². The number of fused-ring (bicyclic) bond motifs is 3. The molecular formula is C15H20O2. The Morgan fingerprint density at radius 1 is 1.47 bits per heavy atom. The van der Waals surface area contributed by atoms with Crippen molar-refractivity contribution in [3.8, 4) is 0 Å². The van der Waals surface area contributed by atoms with Gasteiger partial charge >= 0.3 is 5.97 Å². The first-order valence-corrected chi connectivity index (χ1v) is 6.59. The van der Waals surface area contributed by atoms with E-state index < -0.39 is 0 Å². The minimum absolute atomic E-state index is 0.00611. The summed E-state index contributed by atoms with van der Waals surface area (Å²) in [5.41, 5.74) is 1.55. The maximum Gasteiger partial charge on any atom is 0.309 e. The van der Waals surface area contributed by atoms with Gasteiger partial charge in [0, 0.05) is 11.8 Å². The minimum atomic E-state index is 0.00611. The number of carbonyl (C=O) groups excluding carboxylic acids is 1. The molecule has 2 heteroatoms. The molecule has 1 heterocycles. The molecule has 5 atom stereocenters. The molecule has 17 heavy (non-hydrogen) atoms. The fourth-order valence-corrected chi connectivity index (χ4v) is 4.02. The lowest BCUT2D eigenvalue weighted by Gasteiger charge is -2.47. The summed E-state index contributed by atoms with van der Waals surface area (Å²) in [5, 5.41) is 0. The molecule has 0 amide bonds. The Hall–Kier alpha value is -1.05. The largest absolute Gasteiger partial charge is 0.461 e. The van der Waals surface area contributed by atoms with Crippen LogP contribution in [0.3, 0.4) is 0 Å². The third kappa shape index (κ3) is 1.42. The average Bonchev–Trinajstić information content (AvgIpc) is 2.54.